The minimum atomic E-state index is -3.24. The molecule has 1 saturated heterocycles. The molecule has 0 unspecified atom stereocenters. The summed E-state index contributed by atoms with van der Waals surface area (Å²) in [5.41, 5.74) is 0. The van der Waals surface area contributed by atoms with Crippen LogP contribution in [0.4, 0.5) is 0 Å². The lowest BCUT2D eigenvalue weighted by Crippen LogP contribution is -2.38. The number of hydrogen-bond donors (Lipinski definition) is 0. The third kappa shape index (κ3) is 2.04. The highest BCUT2D eigenvalue weighted by Gasteiger charge is 2.37. The smallest absolute Gasteiger partial charge is 0.206 e. The largest absolute Gasteiger partial charge is 0.252 e. The maximum Gasteiger partial charge on any atom is 0.252 e. The van der Waals surface area contributed by atoms with E-state index in [1.54, 1.807) is 16.4 Å². The Morgan fingerprint density at radius 2 is 2.25 bits per heavy atom. The van der Waals surface area contributed by atoms with Crippen LogP contribution in [-0.4, -0.2) is 25.3 Å². The second-order valence-electron chi connectivity index (χ2n) is 4.50. The van der Waals surface area contributed by atoms with Gasteiger partial charge in [-0.1, -0.05) is 19.9 Å². The second-order valence-corrected chi connectivity index (χ2v) is 7.57. The maximum atomic E-state index is 12.3. The molecule has 1 atom stereocenters. The summed E-state index contributed by atoms with van der Waals surface area (Å²) < 4.78 is 26.8. The molecule has 16 heavy (non-hydrogen) atoms. The van der Waals surface area contributed by atoms with E-state index in [0.717, 1.165) is 12.8 Å². The minimum Gasteiger partial charge on any atom is -0.206 e. The van der Waals surface area contributed by atoms with Crippen LogP contribution in [0.1, 0.15) is 26.7 Å². The summed E-state index contributed by atoms with van der Waals surface area (Å²) in [6.45, 7) is 4.85. The van der Waals surface area contributed by atoms with Gasteiger partial charge >= 0.3 is 0 Å². The summed E-state index contributed by atoms with van der Waals surface area (Å²) in [5.74, 6) is 0.386. The van der Waals surface area contributed by atoms with Gasteiger partial charge in [0.15, 0.2) is 0 Å². The molecule has 90 valence electrons. The van der Waals surface area contributed by atoms with Crippen molar-refractivity contribution in [1.82, 2.24) is 4.31 Å². The number of rotatable bonds is 3. The first-order valence-corrected chi connectivity index (χ1v) is 7.91. The van der Waals surface area contributed by atoms with Gasteiger partial charge in [-0.2, -0.15) is 4.31 Å². The molecule has 1 aromatic heterocycles. The number of sulfonamides is 1. The molecule has 0 radical (unpaired) electrons. The summed E-state index contributed by atoms with van der Waals surface area (Å²) >= 11 is 1.30. The van der Waals surface area contributed by atoms with Crippen molar-refractivity contribution < 1.29 is 8.42 Å². The predicted molar refractivity (Wildman–Crippen MR) is 66.1 cm³/mol. The summed E-state index contributed by atoms with van der Waals surface area (Å²) in [5, 5.41) is 1.81. The first kappa shape index (κ1) is 12.1. The zero-order valence-corrected chi connectivity index (χ0v) is 11.2. The van der Waals surface area contributed by atoms with Gasteiger partial charge in [0.2, 0.25) is 0 Å². The minimum absolute atomic E-state index is 0.173. The zero-order valence-electron chi connectivity index (χ0n) is 9.59. The van der Waals surface area contributed by atoms with Crippen molar-refractivity contribution >= 4 is 21.4 Å². The molecule has 3 nitrogen and oxygen atoms in total. The topological polar surface area (TPSA) is 37.4 Å². The van der Waals surface area contributed by atoms with Crippen LogP contribution in [0, 0.1) is 5.92 Å². The monoisotopic (exact) mass is 259 g/mol. The molecule has 0 amide bonds. The van der Waals surface area contributed by atoms with Gasteiger partial charge in [0.1, 0.15) is 4.21 Å². The van der Waals surface area contributed by atoms with Gasteiger partial charge in [0.05, 0.1) is 0 Å². The third-order valence-corrected chi connectivity index (χ3v) is 6.37. The average molecular weight is 259 g/mol. The highest BCUT2D eigenvalue weighted by molar-refractivity contribution is 7.91. The fraction of sp³-hybridized carbons (Fsp3) is 0.636. The lowest BCUT2D eigenvalue weighted by molar-refractivity contribution is 0.316. The Kier molecular flexibility index (Phi) is 3.37. The molecule has 0 spiro atoms. The van der Waals surface area contributed by atoms with E-state index in [9.17, 15) is 8.42 Å². The number of nitrogens with zero attached hydrogens (tertiary/aromatic N) is 1. The summed E-state index contributed by atoms with van der Waals surface area (Å²) in [6, 6.07) is 3.65. The van der Waals surface area contributed by atoms with Crippen molar-refractivity contribution in [1.29, 1.82) is 0 Å². The van der Waals surface area contributed by atoms with Gasteiger partial charge < -0.3 is 0 Å². The lowest BCUT2D eigenvalue weighted by atomic mass is 10.0. The van der Waals surface area contributed by atoms with Crippen molar-refractivity contribution in [3.8, 4) is 0 Å². The van der Waals surface area contributed by atoms with Crippen LogP contribution < -0.4 is 0 Å². The molecule has 0 aromatic carbocycles. The third-order valence-electron chi connectivity index (χ3n) is 3.08. The number of thiophene rings is 1. The second kappa shape index (κ2) is 4.47. The molecule has 5 heteroatoms. The van der Waals surface area contributed by atoms with Gasteiger partial charge in [-0.25, -0.2) is 8.42 Å². The molecule has 2 rings (SSSR count). The summed E-state index contributed by atoms with van der Waals surface area (Å²) in [4.78, 5) is 0. The fourth-order valence-corrected chi connectivity index (χ4v) is 5.20. The van der Waals surface area contributed by atoms with Crippen molar-refractivity contribution in [3.05, 3.63) is 17.5 Å². The molecule has 2 heterocycles. The molecule has 0 bridgehead atoms. The van der Waals surface area contributed by atoms with Gasteiger partial charge in [0, 0.05) is 12.6 Å². The molecule has 0 aliphatic carbocycles. The normalized spacial score (nSPS) is 23.1. The molecular formula is C11H17NO2S2. The van der Waals surface area contributed by atoms with E-state index in [1.807, 2.05) is 5.38 Å². The van der Waals surface area contributed by atoms with E-state index in [2.05, 4.69) is 13.8 Å². The highest BCUT2D eigenvalue weighted by atomic mass is 32.2. The van der Waals surface area contributed by atoms with E-state index in [-0.39, 0.29) is 6.04 Å². The molecule has 1 fully saturated rings. The zero-order chi connectivity index (χ0) is 11.8. The Hall–Kier alpha value is -0.390. The van der Waals surface area contributed by atoms with Crippen LogP contribution in [0.2, 0.25) is 0 Å². The molecule has 0 N–H and O–H groups in total. The molecule has 1 aliphatic heterocycles. The van der Waals surface area contributed by atoms with Gasteiger partial charge in [0.25, 0.3) is 10.0 Å². The summed E-state index contributed by atoms with van der Waals surface area (Å²) in [7, 11) is -3.24. The van der Waals surface area contributed by atoms with Crippen LogP contribution in [0.5, 0.6) is 0 Å². The van der Waals surface area contributed by atoms with Crippen LogP contribution in [0.15, 0.2) is 21.7 Å². The summed E-state index contributed by atoms with van der Waals surface area (Å²) in [6.07, 6.45) is 1.97. The SMILES string of the molecule is CC(C)[C@H]1CCCN1S(=O)(=O)c1cccs1. The average Bonchev–Trinajstić information content (AvgIpc) is 2.89. The van der Waals surface area contributed by atoms with Crippen molar-refractivity contribution in [2.45, 2.75) is 36.9 Å². The Balaban J connectivity index is 2.31. The van der Waals surface area contributed by atoms with Gasteiger partial charge in [-0.05, 0) is 30.2 Å². The lowest BCUT2D eigenvalue weighted by Gasteiger charge is -2.26. The Morgan fingerprint density at radius 3 is 2.81 bits per heavy atom. The van der Waals surface area contributed by atoms with Crippen molar-refractivity contribution in [3.63, 3.8) is 0 Å². The van der Waals surface area contributed by atoms with E-state index < -0.39 is 10.0 Å². The van der Waals surface area contributed by atoms with Gasteiger partial charge in [-0.15, -0.1) is 11.3 Å². The van der Waals surface area contributed by atoms with Crippen LogP contribution >= 0.6 is 11.3 Å². The fourth-order valence-electron chi connectivity index (χ4n) is 2.26. The Morgan fingerprint density at radius 1 is 1.50 bits per heavy atom. The maximum absolute atomic E-state index is 12.3. The molecule has 0 saturated carbocycles. The molecule has 1 aromatic rings. The van der Waals surface area contributed by atoms with E-state index in [0.29, 0.717) is 16.7 Å². The first-order valence-electron chi connectivity index (χ1n) is 5.59. The number of hydrogen-bond acceptors (Lipinski definition) is 3. The van der Waals surface area contributed by atoms with Gasteiger partial charge in [-0.3, -0.25) is 0 Å². The van der Waals surface area contributed by atoms with E-state index >= 15 is 0 Å². The quantitative estimate of drug-likeness (QED) is 0.836. The highest BCUT2D eigenvalue weighted by Crippen LogP contribution is 2.31. The predicted octanol–water partition coefficient (Wildman–Crippen LogP) is 2.56. The van der Waals surface area contributed by atoms with Crippen molar-refractivity contribution in [2.75, 3.05) is 6.54 Å². The van der Waals surface area contributed by atoms with Crippen LogP contribution in [0.25, 0.3) is 0 Å². The molecule has 1 aliphatic rings. The Bertz CT molecular complexity index is 437. The first-order chi connectivity index (χ1) is 7.53. The van der Waals surface area contributed by atoms with E-state index in [1.165, 1.54) is 11.3 Å². The van der Waals surface area contributed by atoms with E-state index in [4.69, 9.17) is 0 Å². The van der Waals surface area contributed by atoms with Crippen LogP contribution in [0.3, 0.4) is 0 Å². The standard InChI is InChI=1S/C11H17NO2S2/c1-9(2)10-5-3-7-12(10)16(13,14)11-6-4-8-15-11/h4,6,8-10H,3,5,7H2,1-2H3/t10-/m1/s1. The van der Waals surface area contributed by atoms with Crippen molar-refractivity contribution in [2.24, 2.45) is 5.92 Å². The molecular weight excluding hydrogens is 242 g/mol. The Labute approximate surface area is 101 Å². The van der Waals surface area contributed by atoms with Crippen LogP contribution in [-0.2, 0) is 10.0 Å².